The van der Waals surface area contributed by atoms with Gasteiger partial charge in [-0.3, -0.25) is 19.3 Å². The molecule has 2 aromatic rings. The largest absolute Gasteiger partial charge is 0.329 e. The average Bonchev–Trinajstić information content (AvgIpc) is 2.35. The zero-order valence-electron chi connectivity index (χ0n) is 11.6. The molecule has 0 bridgehead atoms. The molecule has 0 aliphatic rings. The molecule has 0 saturated carbocycles. The fourth-order valence-electron chi connectivity index (χ4n) is 2.05. The SMILES string of the molecule is Cc1cnccc1Cn1c(=O)[nH]c(Cl)c(C(C)C)c1=O. The topological polar surface area (TPSA) is 67.8 Å². The van der Waals surface area contributed by atoms with Crippen LogP contribution in [0.15, 0.2) is 28.0 Å². The summed E-state index contributed by atoms with van der Waals surface area (Å²) in [5.41, 5.74) is 1.40. The molecule has 0 amide bonds. The number of H-pyrrole nitrogens is 1. The van der Waals surface area contributed by atoms with Crippen LogP contribution in [0.1, 0.15) is 36.5 Å². The summed E-state index contributed by atoms with van der Waals surface area (Å²) in [6, 6.07) is 1.80. The molecule has 0 fully saturated rings. The summed E-state index contributed by atoms with van der Waals surface area (Å²) >= 11 is 5.96. The van der Waals surface area contributed by atoms with Gasteiger partial charge in [0.1, 0.15) is 5.15 Å². The van der Waals surface area contributed by atoms with Gasteiger partial charge in [-0.2, -0.15) is 0 Å². The Morgan fingerprint density at radius 1 is 1.40 bits per heavy atom. The second-order valence-corrected chi connectivity index (χ2v) is 5.38. The van der Waals surface area contributed by atoms with Crippen molar-refractivity contribution in [3.8, 4) is 0 Å². The van der Waals surface area contributed by atoms with Gasteiger partial charge in [0.15, 0.2) is 0 Å². The minimum atomic E-state index is -0.499. The molecule has 2 aromatic heterocycles. The Morgan fingerprint density at radius 3 is 2.70 bits per heavy atom. The zero-order chi connectivity index (χ0) is 14.9. The highest BCUT2D eigenvalue weighted by Gasteiger charge is 2.16. The summed E-state index contributed by atoms with van der Waals surface area (Å²) < 4.78 is 1.17. The number of nitrogens with zero attached hydrogens (tertiary/aromatic N) is 2. The number of rotatable bonds is 3. The van der Waals surface area contributed by atoms with Crippen LogP contribution in [0.3, 0.4) is 0 Å². The smallest absolute Gasteiger partial charge is 0.297 e. The van der Waals surface area contributed by atoms with Gasteiger partial charge in [0.25, 0.3) is 5.56 Å². The van der Waals surface area contributed by atoms with Crippen molar-refractivity contribution in [1.82, 2.24) is 14.5 Å². The van der Waals surface area contributed by atoms with Crippen molar-refractivity contribution in [2.75, 3.05) is 0 Å². The van der Waals surface area contributed by atoms with Gasteiger partial charge < -0.3 is 0 Å². The maximum Gasteiger partial charge on any atom is 0.329 e. The number of hydrogen-bond donors (Lipinski definition) is 1. The molecular formula is C14H16ClN3O2. The second-order valence-electron chi connectivity index (χ2n) is 5.01. The van der Waals surface area contributed by atoms with Crippen molar-refractivity contribution in [3.63, 3.8) is 0 Å². The zero-order valence-corrected chi connectivity index (χ0v) is 12.4. The number of aryl methyl sites for hydroxylation is 1. The Morgan fingerprint density at radius 2 is 2.10 bits per heavy atom. The molecule has 0 spiro atoms. The van der Waals surface area contributed by atoms with Crippen LogP contribution in [0.2, 0.25) is 5.15 Å². The van der Waals surface area contributed by atoms with Crippen LogP contribution in [0, 0.1) is 6.92 Å². The van der Waals surface area contributed by atoms with Gasteiger partial charge in [-0.1, -0.05) is 25.4 Å². The number of nitrogens with one attached hydrogen (secondary N) is 1. The van der Waals surface area contributed by atoms with Gasteiger partial charge in [-0.25, -0.2) is 4.79 Å². The highest BCUT2D eigenvalue weighted by Crippen LogP contribution is 2.16. The first-order chi connectivity index (χ1) is 9.41. The first-order valence-corrected chi connectivity index (χ1v) is 6.71. The van der Waals surface area contributed by atoms with Crippen LogP contribution in [0.4, 0.5) is 0 Å². The first kappa shape index (κ1) is 14.5. The van der Waals surface area contributed by atoms with E-state index < -0.39 is 5.69 Å². The first-order valence-electron chi connectivity index (χ1n) is 6.33. The lowest BCUT2D eigenvalue weighted by Crippen LogP contribution is -2.38. The Labute approximate surface area is 121 Å². The second kappa shape index (κ2) is 5.63. The van der Waals surface area contributed by atoms with E-state index in [0.717, 1.165) is 11.1 Å². The van der Waals surface area contributed by atoms with E-state index in [4.69, 9.17) is 11.6 Å². The Hall–Kier alpha value is -1.88. The molecule has 0 aliphatic heterocycles. The quantitative estimate of drug-likeness (QED) is 0.881. The van der Waals surface area contributed by atoms with E-state index in [0.29, 0.717) is 5.56 Å². The van der Waals surface area contributed by atoms with Crippen molar-refractivity contribution in [2.24, 2.45) is 0 Å². The Kier molecular flexibility index (Phi) is 4.09. The minimum Gasteiger partial charge on any atom is -0.297 e. The predicted octanol–water partition coefficient (Wildman–Crippen LogP) is 2.07. The van der Waals surface area contributed by atoms with Gasteiger partial charge in [0.05, 0.1) is 12.1 Å². The van der Waals surface area contributed by atoms with Crippen molar-refractivity contribution < 1.29 is 0 Å². The molecule has 0 radical (unpaired) electrons. The minimum absolute atomic E-state index is 0.0587. The number of aromatic nitrogens is 3. The summed E-state index contributed by atoms with van der Waals surface area (Å²) in [6.45, 7) is 5.83. The molecule has 5 nitrogen and oxygen atoms in total. The average molecular weight is 294 g/mol. The molecular weight excluding hydrogens is 278 g/mol. The molecule has 2 rings (SSSR count). The lowest BCUT2D eigenvalue weighted by atomic mass is 10.1. The van der Waals surface area contributed by atoms with Crippen LogP contribution in [-0.4, -0.2) is 14.5 Å². The van der Waals surface area contributed by atoms with Gasteiger partial charge >= 0.3 is 5.69 Å². The fraction of sp³-hybridized carbons (Fsp3) is 0.357. The number of pyridine rings is 1. The Bertz CT molecular complexity index is 747. The highest BCUT2D eigenvalue weighted by atomic mass is 35.5. The standard InChI is InChI=1S/C14H16ClN3O2/c1-8(2)11-12(15)17-14(20)18(13(11)19)7-10-4-5-16-6-9(10)3/h4-6,8H,7H2,1-3H3,(H,17,20). The van der Waals surface area contributed by atoms with E-state index in [2.05, 4.69) is 9.97 Å². The molecule has 1 N–H and O–H groups in total. The van der Waals surface area contributed by atoms with Crippen molar-refractivity contribution in [2.45, 2.75) is 33.2 Å². The van der Waals surface area contributed by atoms with E-state index in [1.165, 1.54) is 4.57 Å². The van der Waals surface area contributed by atoms with Crippen molar-refractivity contribution in [3.05, 3.63) is 61.1 Å². The summed E-state index contributed by atoms with van der Waals surface area (Å²) in [4.78, 5) is 30.9. The highest BCUT2D eigenvalue weighted by molar-refractivity contribution is 6.30. The summed E-state index contributed by atoms with van der Waals surface area (Å²) in [5.74, 6) is -0.0587. The normalized spacial score (nSPS) is 11.1. The van der Waals surface area contributed by atoms with Crippen LogP contribution < -0.4 is 11.2 Å². The number of halogens is 1. The lowest BCUT2D eigenvalue weighted by molar-refractivity contribution is 0.667. The van der Waals surface area contributed by atoms with Crippen LogP contribution in [0.25, 0.3) is 0 Å². The van der Waals surface area contributed by atoms with E-state index in [1.807, 2.05) is 20.8 Å². The summed E-state index contributed by atoms with van der Waals surface area (Å²) in [6.07, 6.45) is 3.34. The van der Waals surface area contributed by atoms with Crippen LogP contribution >= 0.6 is 11.6 Å². The number of aromatic amines is 1. The third kappa shape index (κ3) is 2.67. The third-order valence-electron chi connectivity index (χ3n) is 3.22. The van der Waals surface area contributed by atoms with Gasteiger partial charge in [-0.15, -0.1) is 0 Å². The summed E-state index contributed by atoms with van der Waals surface area (Å²) in [5, 5.41) is 0.123. The van der Waals surface area contributed by atoms with E-state index >= 15 is 0 Å². The fourth-order valence-corrected chi connectivity index (χ4v) is 2.43. The number of hydrogen-bond acceptors (Lipinski definition) is 3. The maximum atomic E-state index is 12.4. The van der Waals surface area contributed by atoms with Crippen molar-refractivity contribution >= 4 is 11.6 Å². The monoisotopic (exact) mass is 293 g/mol. The predicted molar refractivity (Wildman–Crippen MR) is 78.5 cm³/mol. The Balaban J connectivity index is 2.59. The van der Waals surface area contributed by atoms with Gasteiger partial charge in [0, 0.05) is 12.4 Å². The molecule has 0 saturated heterocycles. The van der Waals surface area contributed by atoms with Crippen LogP contribution in [-0.2, 0) is 6.54 Å². The summed E-state index contributed by atoms with van der Waals surface area (Å²) in [7, 11) is 0. The van der Waals surface area contributed by atoms with E-state index in [1.54, 1.807) is 18.5 Å². The van der Waals surface area contributed by atoms with Crippen LogP contribution in [0.5, 0.6) is 0 Å². The van der Waals surface area contributed by atoms with Crippen molar-refractivity contribution in [1.29, 1.82) is 0 Å². The molecule has 0 atom stereocenters. The molecule has 0 unspecified atom stereocenters. The van der Waals surface area contributed by atoms with Gasteiger partial charge in [-0.05, 0) is 30.0 Å². The van der Waals surface area contributed by atoms with E-state index in [-0.39, 0.29) is 23.2 Å². The molecule has 0 aromatic carbocycles. The van der Waals surface area contributed by atoms with Gasteiger partial charge in [0.2, 0.25) is 0 Å². The van der Waals surface area contributed by atoms with E-state index in [9.17, 15) is 9.59 Å². The molecule has 2 heterocycles. The molecule has 6 heteroatoms. The maximum absolute atomic E-state index is 12.4. The molecule has 106 valence electrons. The molecule has 20 heavy (non-hydrogen) atoms. The lowest BCUT2D eigenvalue weighted by Gasteiger charge is -2.12. The molecule has 0 aliphatic carbocycles. The third-order valence-corrected chi connectivity index (χ3v) is 3.51.